The Morgan fingerprint density at radius 3 is 2.36 bits per heavy atom. The summed E-state index contributed by atoms with van der Waals surface area (Å²) < 4.78 is 54.0. The summed E-state index contributed by atoms with van der Waals surface area (Å²) in [5, 5.41) is 2.35. The van der Waals surface area contributed by atoms with Crippen LogP contribution in [0.3, 0.4) is 0 Å². The molecule has 0 radical (unpaired) electrons. The smallest absolute Gasteiger partial charge is 0.319 e. The zero-order chi connectivity index (χ0) is 24.2. The Morgan fingerprint density at radius 1 is 1.06 bits per heavy atom. The minimum absolute atomic E-state index is 0.0479. The lowest BCUT2D eigenvalue weighted by molar-refractivity contribution is -0.137. The molecule has 1 heterocycles. The molecule has 11 heteroatoms. The standard InChI is InChI=1S/C22H15Cl2F4N3O2/c23-11-19(32)31(12-13-3-5-16(25)6-4-13)17-9-14(8-15(10-17)22(26,27)28)21(33)30-18-2-1-7-29-20(18)24/h1-10H,11-12H2,(H,30,33). The summed E-state index contributed by atoms with van der Waals surface area (Å²) in [4.78, 5) is 30.0. The van der Waals surface area contributed by atoms with Gasteiger partial charge in [-0.25, -0.2) is 9.37 Å². The molecule has 1 aromatic heterocycles. The molecule has 0 aliphatic rings. The van der Waals surface area contributed by atoms with Crippen molar-refractivity contribution < 1.29 is 27.2 Å². The van der Waals surface area contributed by atoms with Crippen molar-refractivity contribution >= 4 is 46.4 Å². The summed E-state index contributed by atoms with van der Waals surface area (Å²) in [6.45, 7) is -0.192. The molecule has 172 valence electrons. The number of alkyl halides is 4. The number of hydrogen-bond acceptors (Lipinski definition) is 3. The second-order valence-corrected chi connectivity index (χ2v) is 7.43. The first kappa shape index (κ1) is 24.5. The number of halogens is 6. The van der Waals surface area contributed by atoms with Gasteiger partial charge in [0.25, 0.3) is 5.91 Å². The highest BCUT2D eigenvalue weighted by Gasteiger charge is 2.33. The van der Waals surface area contributed by atoms with E-state index < -0.39 is 35.3 Å². The van der Waals surface area contributed by atoms with E-state index in [0.717, 1.165) is 29.2 Å². The van der Waals surface area contributed by atoms with E-state index in [9.17, 15) is 27.2 Å². The minimum Gasteiger partial charge on any atom is -0.319 e. The summed E-state index contributed by atoms with van der Waals surface area (Å²) in [5.41, 5.74) is -1.18. The van der Waals surface area contributed by atoms with Crippen molar-refractivity contribution in [3.63, 3.8) is 0 Å². The monoisotopic (exact) mass is 499 g/mol. The third kappa shape index (κ3) is 6.21. The Bertz CT molecular complexity index is 1170. The van der Waals surface area contributed by atoms with Crippen LogP contribution in [0.1, 0.15) is 21.5 Å². The quantitative estimate of drug-likeness (QED) is 0.260. The van der Waals surface area contributed by atoms with Crippen molar-refractivity contribution in [2.45, 2.75) is 12.7 Å². The van der Waals surface area contributed by atoms with Crippen LogP contribution in [0.2, 0.25) is 5.15 Å². The molecule has 0 aliphatic carbocycles. The van der Waals surface area contributed by atoms with E-state index in [0.29, 0.717) is 11.6 Å². The van der Waals surface area contributed by atoms with Crippen molar-refractivity contribution in [3.05, 3.63) is 88.5 Å². The molecule has 2 aromatic carbocycles. The summed E-state index contributed by atoms with van der Waals surface area (Å²) >= 11 is 11.6. The lowest BCUT2D eigenvalue weighted by Gasteiger charge is -2.24. The average molecular weight is 500 g/mol. The number of carbonyl (C=O) groups is 2. The Morgan fingerprint density at radius 2 is 1.76 bits per heavy atom. The molecule has 5 nitrogen and oxygen atoms in total. The lowest BCUT2D eigenvalue weighted by Crippen LogP contribution is -2.32. The Balaban J connectivity index is 2.04. The molecular weight excluding hydrogens is 485 g/mol. The molecule has 0 bridgehead atoms. The maximum absolute atomic E-state index is 13.6. The van der Waals surface area contributed by atoms with Crippen LogP contribution in [0.25, 0.3) is 0 Å². The molecule has 0 spiro atoms. The molecule has 33 heavy (non-hydrogen) atoms. The second kappa shape index (κ2) is 10.2. The zero-order valence-electron chi connectivity index (χ0n) is 16.7. The van der Waals surface area contributed by atoms with Crippen LogP contribution in [0.4, 0.5) is 28.9 Å². The number of nitrogens with one attached hydrogen (secondary N) is 1. The zero-order valence-corrected chi connectivity index (χ0v) is 18.2. The normalized spacial score (nSPS) is 11.2. The summed E-state index contributed by atoms with van der Waals surface area (Å²) in [7, 11) is 0. The van der Waals surface area contributed by atoms with Crippen LogP contribution in [0, 0.1) is 5.82 Å². The summed E-state index contributed by atoms with van der Waals surface area (Å²) in [6.07, 6.45) is -3.42. The SMILES string of the molecule is O=C(Nc1cccnc1Cl)c1cc(N(Cc2ccc(F)cc2)C(=O)CCl)cc(C(F)(F)F)c1. The fourth-order valence-electron chi connectivity index (χ4n) is 2.90. The van der Waals surface area contributed by atoms with Crippen molar-refractivity contribution in [1.82, 2.24) is 4.98 Å². The molecule has 0 aliphatic heterocycles. The molecule has 0 fully saturated rings. The van der Waals surface area contributed by atoms with Gasteiger partial charge in [0.1, 0.15) is 11.7 Å². The topological polar surface area (TPSA) is 62.3 Å². The van der Waals surface area contributed by atoms with Crippen molar-refractivity contribution in [2.24, 2.45) is 0 Å². The fourth-order valence-corrected chi connectivity index (χ4v) is 3.21. The molecular formula is C22H15Cl2F4N3O2. The van der Waals surface area contributed by atoms with Crippen LogP contribution in [-0.2, 0) is 17.5 Å². The van der Waals surface area contributed by atoms with Gasteiger partial charge in [-0.2, -0.15) is 13.2 Å². The highest BCUT2D eigenvalue weighted by atomic mass is 35.5. The van der Waals surface area contributed by atoms with Crippen LogP contribution in [0.15, 0.2) is 60.8 Å². The van der Waals surface area contributed by atoms with E-state index in [1.165, 1.54) is 30.5 Å². The average Bonchev–Trinajstić information content (AvgIpc) is 2.78. The van der Waals surface area contributed by atoms with Gasteiger partial charge in [-0.15, -0.1) is 11.6 Å². The number of carbonyl (C=O) groups excluding carboxylic acids is 2. The molecule has 0 unspecified atom stereocenters. The first-order valence-corrected chi connectivity index (χ1v) is 10.2. The largest absolute Gasteiger partial charge is 0.416 e. The fraction of sp³-hybridized carbons (Fsp3) is 0.136. The minimum atomic E-state index is -4.80. The van der Waals surface area contributed by atoms with Crippen molar-refractivity contribution in [3.8, 4) is 0 Å². The summed E-state index contributed by atoms with van der Waals surface area (Å²) in [6, 6.07) is 10.5. The number of anilines is 2. The number of aromatic nitrogens is 1. The summed E-state index contributed by atoms with van der Waals surface area (Å²) in [5.74, 6) is -2.63. The van der Waals surface area contributed by atoms with E-state index in [1.807, 2.05) is 0 Å². The number of nitrogens with zero attached hydrogens (tertiary/aromatic N) is 2. The van der Waals surface area contributed by atoms with Crippen LogP contribution in [0.5, 0.6) is 0 Å². The third-order valence-corrected chi connectivity index (χ3v) is 5.03. The van der Waals surface area contributed by atoms with Gasteiger partial charge in [-0.05, 0) is 48.0 Å². The number of amides is 2. The molecule has 3 aromatic rings. The molecule has 0 atom stereocenters. The van der Waals surface area contributed by atoms with Crippen molar-refractivity contribution in [2.75, 3.05) is 16.1 Å². The van der Waals surface area contributed by atoms with E-state index in [1.54, 1.807) is 0 Å². The van der Waals surface area contributed by atoms with Gasteiger partial charge in [0, 0.05) is 17.4 Å². The van der Waals surface area contributed by atoms with Crippen molar-refractivity contribution in [1.29, 1.82) is 0 Å². The number of benzene rings is 2. The molecule has 2 amide bonds. The Hall–Kier alpha value is -3.17. The van der Waals surface area contributed by atoms with E-state index >= 15 is 0 Å². The van der Waals surface area contributed by atoms with Gasteiger partial charge in [0.15, 0.2) is 5.15 Å². The first-order valence-electron chi connectivity index (χ1n) is 9.33. The predicted molar refractivity (Wildman–Crippen MR) is 117 cm³/mol. The molecule has 0 saturated carbocycles. The van der Waals surface area contributed by atoms with Gasteiger partial charge < -0.3 is 10.2 Å². The van der Waals surface area contributed by atoms with Crippen LogP contribution >= 0.6 is 23.2 Å². The molecule has 3 rings (SSSR count). The van der Waals surface area contributed by atoms with Gasteiger partial charge in [-0.3, -0.25) is 9.59 Å². The Labute approximate surface area is 195 Å². The van der Waals surface area contributed by atoms with Gasteiger partial charge in [0.2, 0.25) is 5.91 Å². The molecule has 1 N–H and O–H groups in total. The van der Waals surface area contributed by atoms with Crippen LogP contribution < -0.4 is 10.2 Å². The van der Waals surface area contributed by atoms with Gasteiger partial charge in [-0.1, -0.05) is 23.7 Å². The highest BCUT2D eigenvalue weighted by molar-refractivity contribution is 6.32. The molecule has 0 saturated heterocycles. The van der Waals surface area contributed by atoms with E-state index in [4.69, 9.17) is 23.2 Å². The first-order chi connectivity index (χ1) is 15.6. The van der Waals surface area contributed by atoms with Gasteiger partial charge >= 0.3 is 6.18 Å². The Kier molecular flexibility index (Phi) is 7.55. The predicted octanol–water partition coefficient (Wildman–Crippen LogP) is 5.92. The van der Waals surface area contributed by atoms with E-state index in [-0.39, 0.29) is 28.6 Å². The van der Waals surface area contributed by atoms with Crippen LogP contribution in [-0.4, -0.2) is 22.7 Å². The number of hydrogen-bond donors (Lipinski definition) is 1. The lowest BCUT2D eigenvalue weighted by atomic mass is 10.1. The third-order valence-electron chi connectivity index (χ3n) is 4.50. The number of rotatable bonds is 6. The maximum Gasteiger partial charge on any atom is 0.416 e. The van der Waals surface area contributed by atoms with E-state index in [2.05, 4.69) is 10.3 Å². The second-order valence-electron chi connectivity index (χ2n) is 6.80. The van der Waals surface area contributed by atoms with Gasteiger partial charge in [0.05, 0.1) is 17.8 Å². The number of pyridine rings is 1. The highest BCUT2D eigenvalue weighted by Crippen LogP contribution is 2.34. The maximum atomic E-state index is 13.6.